The monoisotopic (exact) mass is 390 g/mol. The predicted molar refractivity (Wildman–Crippen MR) is 106 cm³/mol. The van der Waals surface area contributed by atoms with Crippen LogP contribution in [0.2, 0.25) is 5.02 Å². The minimum absolute atomic E-state index is 0.00308. The quantitative estimate of drug-likeness (QED) is 0.791. The molecule has 2 aliphatic heterocycles. The van der Waals surface area contributed by atoms with Gasteiger partial charge in [-0.3, -0.25) is 9.69 Å². The highest BCUT2D eigenvalue weighted by Crippen LogP contribution is 2.30. The highest BCUT2D eigenvalue weighted by atomic mass is 35.5. The SMILES string of the molecule is Cc1c(C(=O)N2CCC[C@@H]2CN2C[C@@H](C)O[C@@H](C)C2)oc2ccc(Cl)cc12. The summed E-state index contributed by atoms with van der Waals surface area (Å²) in [5.41, 5.74) is 1.59. The Hall–Kier alpha value is -1.56. The van der Waals surface area contributed by atoms with Crippen molar-refractivity contribution in [2.75, 3.05) is 26.2 Å². The molecule has 2 saturated heterocycles. The third kappa shape index (κ3) is 3.73. The van der Waals surface area contributed by atoms with Gasteiger partial charge in [-0.2, -0.15) is 0 Å². The third-order valence-electron chi connectivity index (χ3n) is 5.69. The van der Waals surface area contributed by atoms with E-state index in [2.05, 4.69) is 18.7 Å². The maximum absolute atomic E-state index is 13.3. The van der Waals surface area contributed by atoms with Crippen LogP contribution in [0.4, 0.5) is 0 Å². The van der Waals surface area contributed by atoms with Gasteiger partial charge in [-0.05, 0) is 51.8 Å². The average Bonchev–Trinajstić information content (AvgIpc) is 3.18. The van der Waals surface area contributed by atoms with Crippen molar-refractivity contribution in [1.82, 2.24) is 9.80 Å². The Bertz CT molecular complexity index is 839. The van der Waals surface area contributed by atoms with Crippen LogP contribution < -0.4 is 0 Å². The molecule has 0 radical (unpaired) electrons. The number of hydrogen-bond donors (Lipinski definition) is 0. The van der Waals surface area contributed by atoms with Crippen molar-refractivity contribution in [3.05, 3.63) is 34.5 Å². The third-order valence-corrected chi connectivity index (χ3v) is 5.93. The summed E-state index contributed by atoms with van der Waals surface area (Å²) in [5, 5.41) is 1.57. The molecule has 0 N–H and O–H groups in total. The molecule has 3 atom stereocenters. The Morgan fingerprint density at radius 1 is 1.26 bits per heavy atom. The molecular weight excluding hydrogens is 364 g/mol. The van der Waals surface area contributed by atoms with E-state index in [1.54, 1.807) is 6.07 Å². The van der Waals surface area contributed by atoms with Gasteiger partial charge in [0, 0.05) is 48.2 Å². The van der Waals surface area contributed by atoms with E-state index >= 15 is 0 Å². The standard InChI is InChI=1S/C21H27ClN2O3/c1-13-10-23(11-14(2)26-13)12-17-5-4-8-24(17)21(25)20-15(3)18-9-16(22)6-7-19(18)27-20/h6-7,9,13-14,17H,4-5,8,10-12H2,1-3H3/t13-,14+,17-/m1/s1. The summed E-state index contributed by atoms with van der Waals surface area (Å²) in [7, 11) is 0. The molecule has 0 bridgehead atoms. The molecule has 3 heterocycles. The van der Waals surface area contributed by atoms with Gasteiger partial charge in [-0.25, -0.2) is 0 Å². The molecule has 2 aliphatic rings. The van der Waals surface area contributed by atoms with Crippen LogP contribution in [0.1, 0.15) is 42.8 Å². The molecule has 1 aromatic carbocycles. The molecule has 5 nitrogen and oxygen atoms in total. The van der Waals surface area contributed by atoms with E-state index in [1.807, 2.05) is 24.0 Å². The van der Waals surface area contributed by atoms with Crippen molar-refractivity contribution < 1.29 is 13.9 Å². The van der Waals surface area contributed by atoms with Gasteiger partial charge in [-0.15, -0.1) is 0 Å². The van der Waals surface area contributed by atoms with E-state index in [9.17, 15) is 4.79 Å². The predicted octanol–water partition coefficient (Wildman–Crippen LogP) is 4.11. The molecule has 4 rings (SSSR count). The molecule has 0 unspecified atom stereocenters. The van der Waals surface area contributed by atoms with Gasteiger partial charge in [0.05, 0.1) is 12.2 Å². The Balaban J connectivity index is 1.53. The van der Waals surface area contributed by atoms with Crippen LogP contribution in [-0.4, -0.2) is 60.1 Å². The van der Waals surface area contributed by atoms with E-state index in [-0.39, 0.29) is 24.2 Å². The van der Waals surface area contributed by atoms with E-state index in [0.29, 0.717) is 16.4 Å². The first-order valence-electron chi connectivity index (χ1n) is 9.80. The van der Waals surface area contributed by atoms with Crippen molar-refractivity contribution in [2.45, 2.75) is 51.9 Å². The second-order valence-electron chi connectivity index (χ2n) is 7.97. The number of morpholine rings is 1. The minimum atomic E-state index is -0.00308. The van der Waals surface area contributed by atoms with E-state index in [0.717, 1.165) is 50.0 Å². The number of amides is 1. The first kappa shape index (κ1) is 18.8. The lowest BCUT2D eigenvalue weighted by Gasteiger charge is -2.38. The van der Waals surface area contributed by atoms with Gasteiger partial charge in [0.15, 0.2) is 5.76 Å². The molecule has 0 spiro atoms. The zero-order valence-electron chi connectivity index (χ0n) is 16.2. The highest BCUT2D eigenvalue weighted by Gasteiger charge is 2.35. The van der Waals surface area contributed by atoms with Crippen molar-refractivity contribution in [3.8, 4) is 0 Å². The number of ether oxygens (including phenoxy) is 1. The zero-order valence-corrected chi connectivity index (χ0v) is 17.0. The first-order chi connectivity index (χ1) is 12.9. The Morgan fingerprint density at radius 2 is 2.00 bits per heavy atom. The number of carbonyl (C=O) groups excluding carboxylic acids is 1. The van der Waals surface area contributed by atoms with Crippen molar-refractivity contribution >= 4 is 28.5 Å². The maximum Gasteiger partial charge on any atom is 0.290 e. The Kier molecular flexibility index (Phi) is 5.19. The number of rotatable bonds is 3. The summed E-state index contributed by atoms with van der Waals surface area (Å²) in [6.07, 6.45) is 2.55. The zero-order chi connectivity index (χ0) is 19.1. The van der Waals surface area contributed by atoms with Crippen LogP contribution in [0, 0.1) is 6.92 Å². The summed E-state index contributed by atoms with van der Waals surface area (Å²) in [5.74, 6) is 0.444. The molecule has 27 heavy (non-hydrogen) atoms. The molecule has 6 heteroatoms. The second kappa shape index (κ2) is 7.46. The topological polar surface area (TPSA) is 45.9 Å². The fraction of sp³-hybridized carbons (Fsp3) is 0.571. The normalized spacial score (nSPS) is 26.8. The average molecular weight is 391 g/mol. The molecule has 1 aromatic heterocycles. The molecule has 2 fully saturated rings. The lowest BCUT2D eigenvalue weighted by molar-refractivity contribution is -0.0715. The summed E-state index contributed by atoms with van der Waals surface area (Å²) >= 11 is 6.11. The number of hydrogen-bond acceptors (Lipinski definition) is 4. The number of likely N-dealkylation sites (tertiary alicyclic amines) is 1. The van der Waals surface area contributed by atoms with E-state index < -0.39 is 0 Å². The van der Waals surface area contributed by atoms with Crippen LogP contribution in [0.25, 0.3) is 11.0 Å². The van der Waals surface area contributed by atoms with Crippen LogP contribution in [0.3, 0.4) is 0 Å². The summed E-state index contributed by atoms with van der Waals surface area (Å²) in [6.45, 7) is 9.69. The molecule has 2 aromatic rings. The largest absolute Gasteiger partial charge is 0.451 e. The van der Waals surface area contributed by atoms with Gasteiger partial charge >= 0.3 is 0 Å². The van der Waals surface area contributed by atoms with Crippen LogP contribution >= 0.6 is 11.6 Å². The van der Waals surface area contributed by atoms with E-state index in [1.165, 1.54) is 0 Å². The summed E-state index contributed by atoms with van der Waals surface area (Å²) in [6, 6.07) is 5.72. The van der Waals surface area contributed by atoms with Crippen molar-refractivity contribution in [1.29, 1.82) is 0 Å². The summed E-state index contributed by atoms with van der Waals surface area (Å²) < 4.78 is 11.8. The van der Waals surface area contributed by atoms with Crippen molar-refractivity contribution in [3.63, 3.8) is 0 Å². The maximum atomic E-state index is 13.3. The summed E-state index contributed by atoms with van der Waals surface area (Å²) in [4.78, 5) is 17.7. The number of halogens is 1. The minimum Gasteiger partial charge on any atom is -0.451 e. The Labute approximate surface area is 165 Å². The Morgan fingerprint density at radius 3 is 2.74 bits per heavy atom. The molecule has 146 valence electrons. The van der Waals surface area contributed by atoms with Gasteiger partial charge < -0.3 is 14.1 Å². The molecule has 1 amide bonds. The van der Waals surface area contributed by atoms with Gasteiger partial charge in [0.1, 0.15) is 5.58 Å². The van der Waals surface area contributed by atoms with E-state index in [4.69, 9.17) is 20.8 Å². The first-order valence-corrected chi connectivity index (χ1v) is 10.2. The lowest BCUT2D eigenvalue weighted by atomic mass is 10.1. The molecular formula is C21H27ClN2O3. The molecule has 0 aliphatic carbocycles. The second-order valence-corrected chi connectivity index (χ2v) is 8.40. The van der Waals surface area contributed by atoms with Gasteiger partial charge in [-0.1, -0.05) is 11.6 Å². The number of benzene rings is 1. The number of furan rings is 1. The number of nitrogens with zero attached hydrogens (tertiary/aromatic N) is 2. The van der Waals surface area contributed by atoms with Crippen LogP contribution in [0.5, 0.6) is 0 Å². The highest BCUT2D eigenvalue weighted by molar-refractivity contribution is 6.31. The van der Waals surface area contributed by atoms with Crippen LogP contribution in [0.15, 0.2) is 22.6 Å². The number of carbonyl (C=O) groups is 1. The van der Waals surface area contributed by atoms with Crippen molar-refractivity contribution in [2.24, 2.45) is 0 Å². The van der Waals surface area contributed by atoms with Gasteiger partial charge in [0.2, 0.25) is 0 Å². The molecule has 0 saturated carbocycles. The smallest absolute Gasteiger partial charge is 0.290 e. The number of aryl methyl sites for hydroxylation is 1. The number of fused-ring (bicyclic) bond motifs is 1. The lowest BCUT2D eigenvalue weighted by Crippen LogP contribution is -2.50. The van der Waals surface area contributed by atoms with Crippen LogP contribution in [-0.2, 0) is 4.74 Å². The fourth-order valence-corrected chi connectivity index (χ4v) is 4.72. The van der Waals surface area contributed by atoms with Gasteiger partial charge in [0.25, 0.3) is 5.91 Å². The fourth-order valence-electron chi connectivity index (χ4n) is 4.55.